The molecule has 2 N–H and O–H groups in total. The highest BCUT2D eigenvalue weighted by Gasteiger charge is 2.37. The molecule has 1 fully saturated rings. The molecule has 2 aliphatic rings. The third-order valence-corrected chi connectivity index (χ3v) is 5.86. The van der Waals surface area contributed by atoms with Crippen LogP contribution in [0, 0.1) is 0 Å². The number of rotatable bonds is 7. The number of anilines is 2. The van der Waals surface area contributed by atoms with Crippen LogP contribution in [0.4, 0.5) is 11.5 Å². The number of hydrogen-bond acceptors (Lipinski definition) is 7. The van der Waals surface area contributed by atoms with Crippen LogP contribution in [0.2, 0.25) is 5.02 Å². The molecule has 0 radical (unpaired) electrons. The molecule has 1 aliphatic heterocycles. The second-order valence-corrected chi connectivity index (χ2v) is 8.14. The van der Waals surface area contributed by atoms with Crippen molar-refractivity contribution in [3.63, 3.8) is 0 Å². The molecule has 1 unspecified atom stereocenters. The lowest BCUT2D eigenvalue weighted by Gasteiger charge is -2.28. The molecule has 1 atom stereocenters. The van der Waals surface area contributed by atoms with Gasteiger partial charge in [-0.15, -0.1) is 0 Å². The zero-order valence-corrected chi connectivity index (χ0v) is 17.6. The molecule has 0 amide bonds. The molecular weight excluding hydrogens is 410 g/mol. The average molecular weight is 436 g/mol. The largest absolute Gasteiger partial charge is 0.396 e. The highest BCUT2D eigenvalue weighted by atomic mass is 35.5. The second-order valence-electron chi connectivity index (χ2n) is 7.71. The van der Waals surface area contributed by atoms with Crippen molar-refractivity contribution >= 4 is 23.1 Å². The molecule has 10 heteroatoms. The van der Waals surface area contributed by atoms with E-state index in [1.54, 1.807) is 25.4 Å². The first kappa shape index (κ1) is 20.9. The fourth-order valence-corrected chi connectivity index (χ4v) is 4.18. The quantitative estimate of drug-likeness (QED) is 0.681. The number of pyridine rings is 1. The van der Waals surface area contributed by atoms with E-state index < -0.39 is 17.6 Å². The van der Waals surface area contributed by atoms with E-state index in [0.717, 1.165) is 35.9 Å². The van der Waals surface area contributed by atoms with Crippen molar-refractivity contribution in [3.05, 3.63) is 49.9 Å². The van der Waals surface area contributed by atoms with Gasteiger partial charge in [-0.05, 0) is 31.4 Å². The first-order valence-electron chi connectivity index (χ1n) is 10.2. The monoisotopic (exact) mass is 435 g/mol. The Morgan fingerprint density at radius 1 is 1.30 bits per heavy atom. The Hall–Kier alpha value is -2.36. The van der Waals surface area contributed by atoms with Crippen LogP contribution in [0.1, 0.15) is 37.8 Å². The van der Waals surface area contributed by atoms with Crippen LogP contribution in [0.3, 0.4) is 0 Å². The summed E-state index contributed by atoms with van der Waals surface area (Å²) in [5, 5.41) is 12.9. The topological polar surface area (TPSA) is 102 Å². The Morgan fingerprint density at radius 2 is 2.07 bits per heavy atom. The number of hydrogen-bond donors (Lipinski definition) is 2. The molecule has 3 heterocycles. The van der Waals surface area contributed by atoms with Gasteiger partial charge in [0, 0.05) is 26.4 Å². The first-order chi connectivity index (χ1) is 14.5. The van der Waals surface area contributed by atoms with E-state index in [-0.39, 0.29) is 19.3 Å². The lowest BCUT2D eigenvalue weighted by atomic mass is 10.3. The molecular formula is C20H26ClN5O4. The number of aliphatic hydroxyl groups is 1. The van der Waals surface area contributed by atoms with Gasteiger partial charge in [-0.25, -0.2) is 4.79 Å². The Morgan fingerprint density at radius 3 is 2.73 bits per heavy atom. The molecule has 0 aromatic carbocycles. The standard InChI is InChI=1S/C20H26ClN5O4/c1-24-17-16(18(28)25(20(24)29)9-4-10-27)26(12-14-8-7-13(21)11-22-14)19(23-17)30-15-5-2-3-6-15/h7-8,11,15,19,23,27H,2-6,9-10,12H2,1H3. The van der Waals surface area contributed by atoms with Crippen LogP contribution in [-0.4, -0.2) is 38.3 Å². The summed E-state index contributed by atoms with van der Waals surface area (Å²) in [6.07, 6.45) is 5.60. The van der Waals surface area contributed by atoms with E-state index in [1.165, 1.54) is 4.57 Å². The molecule has 0 saturated heterocycles. The van der Waals surface area contributed by atoms with Gasteiger partial charge in [0.1, 0.15) is 11.5 Å². The maximum Gasteiger partial charge on any atom is 0.332 e. The van der Waals surface area contributed by atoms with Crippen LogP contribution in [-0.2, 0) is 24.9 Å². The molecule has 0 spiro atoms. The van der Waals surface area contributed by atoms with Gasteiger partial charge in [-0.1, -0.05) is 24.4 Å². The van der Waals surface area contributed by atoms with E-state index in [0.29, 0.717) is 29.5 Å². The van der Waals surface area contributed by atoms with Crippen molar-refractivity contribution in [2.45, 2.75) is 57.6 Å². The minimum Gasteiger partial charge on any atom is -0.396 e. The Kier molecular flexibility index (Phi) is 6.12. The van der Waals surface area contributed by atoms with Crippen molar-refractivity contribution in [2.24, 2.45) is 7.05 Å². The number of fused-ring (bicyclic) bond motifs is 1. The number of aliphatic hydroxyl groups excluding tert-OH is 1. The van der Waals surface area contributed by atoms with Crippen molar-refractivity contribution in [1.82, 2.24) is 14.1 Å². The molecule has 2 aromatic heterocycles. The Bertz CT molecular complexity index is 1010. The Balaban J connectivity index is 1.75. The van der Waals surface area contributed by atoms with Crippen LogP contribution < -0.4 is 21.5 Å². The summed E-state index contributed by atoms with van der Waals surface area (Å²) in [6, 6.07) is 3.56. The van der Waals surface area contributed by atoms with Crippen LogP contribution in [0.15, 0.2) is 27.9 Å². The summed E-state index contributed by atoms with van der Waals surface area (Å²) < 4.78 is 8.88. The smallest absolute Gasteiger partial charge is 0.332 e. The average Bonchev–Trinajstić information content (AvgIpc) is 3.37. The number of nitrogens with one attached hydrogen (secondary N) is 1. The van der Waals surface area contributed by atoms with Crippen molar-refractivity contribution in [2.75, 3.05) is 16.8 Å². The zero-order valence-electron chi connectivity index (χ0n) is 16.9. The zero-order chi connectivity index (χ0) is 21.3. The summed E-state index contributed by atoms with van der Waals surface area (Å²) in [5.41, 5.74) is 0.269. The van der Waals surface area contributed by atoms with Gasteiger partial charge in [0.05, 0.1) is 23.4 Å². The fraction of sp³-hybridized carbons (Fsp3) is 0.550. The Labute approximate surface area is 178 Å². The maximum atomic E-state index is 13.3. The van der Waals surface area contributed by atoms with Gasteiger partial charge < -0.3 is 20.1 Å². The lowest BCUT2D eigenvalue weighted by Crippen LogP contribution is -2.43. The summed E-state index contributed by atoms with van der Waals surface area (Å²) >= 11 is 5.96. The molecule has 1 aliphatic carbocycles. The molecule has 0 bridgehead atoms. The van der Waals surface area contributed by atoms with E-state index in [1.807, 2.05) is 4.90 Å². The first-order valence-corrected chi connectivity index (χ1v) is 10.6. The van der Waals surface area contributed by atoms with E-state index in [9.17, 15) is 9.59 Å². The molecule has 2 aromatic rings. The molecule has 4 rings (SSSR count). The van der Waals surface area contributed by atoms with Crippen LogP contribution in [0.5, 0.6) is 0 Å². The summed E-state index contributed by atoms with van der Waals surface area (Å²) in [7, 11) is 1.62. The van der Waals surface area contributed by atoms with Crippen LogP contribution in [0.25, 0.3) is 0 Å². The summed E-state index contributed by atoms with van der Waals surface area (Å²) in [6.45, 7) is 0.370. The second kappa shape index (κ2) is 8.79. The van der Waals surface area contributed by atoms with E-state index in [4.69, 9.17) is 21.4 Å². The van der Waals surface area contributed by atoms with Crippen LogP contribution >= 0.6 is 11.6 Å². The fourth-order valence-electron chi connectivity index (χ4n) is 4.06. The lowest BCUT2D eigenvalue weighted by molar-refractivity contribution is 0.00791. The summed E-state index contributed by atoms with van der Waals surface area (Å²) in [4.78, 5) is 32.2. The van der Waals surface area contributed by atoms with Crippen molar-refractivity contribution in [1.29, 1.82) is 0 Å². The van der Waals surface area contributed by atoms with Gasteiger partial charge in [0.2, 0.25) is 6.35 Å². The number of halogens is 1. The van der Waals surface area contributed by atoms with Crippen molar-refractivity contribution < 1.29 is 9.84 Å². The predicted molar refractivity (Wildman–Crippen MR) is 114 cm³/mol. The maximum absolute atomic E-state index is 13.3. The molecule has 162 valence electrons. The SMILES string of the molecule is Cn1c2c(c(=O)n(CCCO)c1=O)N(Cc1ccc(Cl)cn1)C(OC1CCCC1)N2. The molecule has 9 nitrogen and oxygen atoms in total. The van der Waals surface area contributed by atoms with Gasteiger partial charge >= 0.3 is 5.69 Å². The van der Waals surface area contributed by atoms with Gasteiger partial charge in [-0.3, -0.25) is 18.9 Å². The highest BCUT2D eigenvalue weighted by Crippen LogP contribution is 2.34. The number of ether oxygens (including phenoxy) is 1. The van der Waals surface area contributed by atoms with E-state index >= 15 is 0 Å². The van der Waals surface area contributed by atoms with Gasteiger partial charge in [0.25, 0.3) is 5.56 Å². The third kappa shape index (κ3) is 3.97. The number of nitrogens with zero attached hydrogens (tertiary/aromatic N) is 4. The molecule has 30 heavy (non-hydrogen) atoms. The number of aromatic nitrogens is 3. The van der Waals surface area contributed by atoms with Gasteiger partial charge in [-0.2, -0.15) is 0 Å². The van der Waals surface area contributed by atoms with E-state index in [2.05, 4.69) is 10.3 Å². The third-order valence-electron chi connectivity index (χ3n) is 5.64. The minimum atomic E-state index is -0.576. The molecule has 1 saturated carbocycles. The van der Waals surface area contributed by atoms with Gasteiger partial charge in [0.15, 0.2) is 0 Å². The summed E-state index contributed by atoms with van der Waals surface area (Å²) in [5.74, 6) is 0.433. The predicted octanol–water partition coefficient (Wildman–Crippen LogP) is 1.65. The van der Waals surface area contributed by atoms with Crippen molar-refractivity contribution in [3.8, 4) is 0 Å². The highest BCUT2D eigenvalue weighted by molar-refractivity contribution is 6.30. The minimum absolute atomic E-state index is 0.100. The normalized spacial score (nSPS) is 18.6.